The number of ether oxygens (including phenoxy) is 1. The molecule has 0 radical (unpaired) electrons. The maximum Gasteiger partial charge on any atom is 0.243 e. The topological polar surface area (TPSA) is 58.6 Å². The Morgan fingerprint density at radius 3 is 2.38 bits per heavy atom. The second kappa shape index (κ2) is 15.2. The predicted octanol–water partition coefficient (Wildman–Crippen LogP) is 6.47. The van der Waals surface area contributed by atoms with Crippen LogP contribution in [0.15, 0.2) is 83.3 Å². The number of nitrogens with zero attached hydrogens (tertiary/aromatic N) is 1. The normalized spacial score (nSPS) is 11.5. The minimum Gasteiger partial charge on any atom is -0.494 e. The van der Waals surface area contributed by atoms with E-state index >= 15 is 0 Å². The fourth-order valence-electron chi connectivity index (χ4n) is 4.08. The van der Waals surface area contributed by atoms with Gasteiger partial charge in [0.2, 0.25) is 11.8 Å². The number of nitrogens with one attached hydrogen (secondary N) is 1. The number of amides is 2. The molecule has 3 aromatic carbocycles. The average molecular weight is 566 g/mol. The van der Waals surface area contributed by atoms with Crippen LogP contribution in [-0.4, -0.2) is 35.9 Å². The molecule has 1 N–H and O–H groups in total. The lowest BCUT2D eigenvalue weighted by Crippen LogP contribution is -2.50. The third kappa shape index (κ3) is 9.69. The molecule has 6 heteroatoms. The first-order valence-corrected chi connectivity index (χ1v) is 13.8. The monoisotopic (exact) mass is 564 g/mol. The zero-order valence-corrected chi connectivity index (χ0v) is 23.4. The number of halogens is 1. The first-order valence-electron chi connectivity index (χ1n) is 13.0. The van der Waals surface area contributed by atoms with Crippen molar-refractivity contribution in [3.63, 3.8) is 0 Å². The molecule has 2 amide bonds. The molecule has 0 aliphatic heterocycles. The summed E-state index contributed by atoms with van der Waals surface area (Å²) in [7, 11) is 0. The highest BCUT2D eigenvalue weighted by Gasteiger charge is 2.30. The van der Waals surface area contributed by atoms with Gasteiger partial charge in [0.25, 0.3) is 0 Å². The van der Waals surface area contributed by atoms with Crippen LogP contribution in [0.1, 0.15) is 49.3 Å². The summed E-state index contributed by atoms with van der Waals surface area (Å²) in [5.74, 6) is 0.622. The Morgan fingerprint density at radius 2 is 1.68 bits per heavy atom. The van der Waals surface area contributed by atoms with Crippen LogP contribution in [0.2, 0.25) is 0 Å². The minimum atomic E-state index is -0.608. The fourth-order valence-corrected chi connectivity index (χ4v) is 4.53. The molecule has 0 unspecified atom stereocenters. The van der Waals surface area contributed by atoms with E-state index in [1.807, 2.05) is 85.8 Å². The van der Waals surface area contributed by atoms with Crippen LogP contribution in [0.5, 0.6) is 5.75 Å². The standard InChI is InChI=1S/C31H37BrN2O3/c1-3-4-19-33-31(36)29(22-25-10-6-5-7-11-25)34(23-26-12-8-13-27(32)21-26)30(35)14-9-20-37-28-17-15-24(2)16-18-28/h5-8,10-13,15-18,21,29H,3-4,9,14,19-20,22-23H2,1-2H3,(H,33,36)/t29-/m1/s1. The van der Waals surface area contributed by atoms with E-state index in [4.69, 9.17) is 4.74 Å². The number of benzene rings is 3. The Hall–Kier alpha value is -3.12. The molecule has 0 heterocycles. The molecular formula is C31H37BrN2O3. The lowest BCUT2D eigenvalue weighted by Gasteiger charge is -2.31. The van der Waals surface area contributed by atoms with Crippen LogP contribution in [0.3, 0.4) is 0 Å². The van der Waals surface area contributed by atoms with E-state index in [1.165, 1.54) is 5.56 Å². The van der Waals surface area contributed by atoms with Gasteiger partial charge in [-0.15, -0.1) is 0 Å². The van der Waals surface area contributed by atoms with Crippen LogP contribution >= 0.6 is 15.9 Å². The van der Waals surface area contributed by atoms with Gasteiger partial charge in [-0.1, -0.05) is 89.4 Å². The van der Waals surface area contributed by atoms with Gasteiger partial charge >= 0.3 is 0 Å². The van der Waals surface area contributed by atoms with Crippen LogP contribution in [0.25, 0.3) is 0 Å². The Labute approximate surface area is 229 Å². The highest BCUT2D eigenvalue weighted by atomic mass is 79.9. The second-order valence-corrected chi connectivity index (χ2v) is 10.2. The summed E-state index contributed by atoms with van der Waals surface area (Å²) in [6, 6.07) is 25.1. The van der Waals surface area contributed by atoms with Gasteiger partial charge in [0, 0.05) is 30.4 Å². The molecule has 37 heavy (non-hydrogen) atoms. The lowest BCUT2D eigenvalue weighted by atomic mass is 10.0. The van der Waals surface area contributed by atoms with Gasteiger partial charge in [-0.05, 0) is 55.2 Å². The molecule has 0 spiro atoms. The Bertz CT molecular complexity index is 1120. The van der Waals surface area contributed by atoms with E-state index in [1.54, 1.807) is 4.90 Å². The van der Waals surface area contributed by atoms with Gasteiger partial charge in [-0.25, -0.2) is 0 Å². The largest absolute Gasteiger partial charge is 0.494 e. The molecule has 1 atom stereocenters. The summed E-state index contributed by atoms with van der Waals surface area (Å²) in [6.07, 6.45) is 3.22. The van der Waals surface area contributed by atoms with E-state index in [0.717, 1.165) is 34.2 Å². The van der Waals surface area contributed by atoms with Gasteiger partial charge in [-0.3, -0.25) is 9.59 Å². The number of carbonyl (C=O) groups excluding carboxylic acids is 2. The van der Waals surface area contributed by atoms with Crippen molar-refractivity contribution in [3.05, 3.63) is 100 Å². The molecule has 196 valence electrons. The van der Waals surface area contributed by atoms with Gasteiger partial charge < -0.3 is 15.0 Å². The summed E-state index contributed by atoms with van der Waals surface area (Å²) in [5, 5.41) is 3.06. The zero-order chi connectivity index (χ0) is 26.5. The number of aryl methyl sites for hydroxylation is 1. The van der Waals surface area contributed by atoms with Crippen LogP contribution in [0.4, 0.5) is 0 Å². The molecule has 0 saturated carbocycles. The lowest BCUT2D eigenvalue weighted by molar-refractivity contribution is -0.141. The molecule has 0 fully saturated rings. The summed E-state index contributed by atoms with van der Waals surface area (Å²) < 4.78 is 6.78. The maximum atomic E-state index is 13.6. The van der Waals surface area contributed by atoms with Crippen molar-refractivity contribution in [2.75, 3.05) is 13.2 Å². The summed E-state index contributed by atoms with van der Waals surface area (Å²) in [5.41, 5.74) is 3.17. The Balaban J connectivity index is 1.77. The molecule has 3 aromatic rings. The fraction of sp³-hybridized carbons (Fsp3) is 0.355. The molecule has 0 aromatic heterocycles. The zero-order valence-electron chi connectivity index (χ0n) is 21.8. The van der Waals surface area contributed by atoms with Gasteiger partial charge in [0.05, 0.1) is 6.61 Å². The SMILES string of the molecule is CCCCNC(=O)[C@@H](Cc1ccccc1)N(Cc1cccc(Br)c1)C(=O)CCCOc1ccc(C)cc1. The number of rotatable bonds is 14. The van der Waals surface area contributed by atoms with Crippen molar-refractivity contribution in [3.8, 4) is 5.75 Å². The number of hydrogen-bond donors (Lipinski definition) is 1. The van der Waals surface area contributed by atoms with Gasteiger partial charge in [0.1, 0.15) is 11.8 Å². The number of unbranched alkanes of at least 4 members (excludes halogenated alkanes) is 1. The number of hydrogen-bond acceptors (Lipinski definition) is 3. The van der Waals surface area contributed by atoms with Crippen LogP contribution in [-0.2, 0) is 22.6 Å². The van der Waals surface area contributed by atoms with Crippen molar-refractivity contribution in [1.82, 2.24) is 10.2 Å². The van der Waals surface area contributed by atoms with Crippen molar-refractivity contribution in [2.24, 2.45) is 0 Å². The third-order valence-electron chi connectivity index (χ3n) is 6.17. The van der Waals surface area contributed by atoms with E-state index in [0.29, 0.717) is 39.0 Å². The van der Waals surface area contributed by atoms with E-state index in [-0.39, 0.29) is 11.8 Å². The molecule has 0 aliphatic rings. The molecular weight excluding hydrogens is 528 g/mol. The van der Waals surface area contributed by atoms with Crippen molar-refractivity contribution < 1.29 is 14.3 Å². The maximum absolute atomic E-state index is 13.6. The molecule has 0 aliphatic carbocycles. The van der Waals surface area contributed by atoms with E-state index in [2.05, 4.69) is 28.2 Å². The molecule has 0 bridgehead atoms. The average Bonchev–Trinajstić information content (AvgIpc) is 2.90. The second-order valence-electron chi connectivity index (χ2n) is 9.27. The highest BCUT2D eigenvalue weighted by molar-refractivity contribution is 9.10. The van der Waals surface area contributed by atoms with Crippen molar-refractivity contribution in [1.29, 1.82) is 0 Å². The molecule has 5 nitrogen and oxygen atoms in total. The van der Waals surface area contributed by atoms with E-state index < -0.39 is 6.04 Å². The third-order valence-corrected chi connectivity index (χ3v) is 6.66. The quantitative estimate of drug-likeness (QED) is 0.228. The first kappa shape index (κ1) is 28.5. The molecule has 3 rings (SSSR count). The van der Waals surface area contributed by atoms with Crippen LogP contribution < -0.4 is 10.1 Å². The Morgan fingerprint density at radius 1 is 0.946 bits per heavy atom. The smallest absolute Gasteiger partial charge is 0.243 e. The summed E-state index contributed by atoms with van der Waals surface area (Å²) in [4.78, 5) is 28.8. The summed E-state index contributed by atoms with van der Waals surface area (Å²) >= 11 is 3.53. The van der Waals surface area contributed by atoms with Crippen molar-refractivity contribution >= 4 is 27.7 Å². The van der Waals surface area contributed by atoms with E-state index in [9.17, 15) is 9.59 Å². The van der Waals surface area contributed by atoms with Crippen molar-refractivity contribution in [2.45, 2.75) is 58.5 Å². The predicted molar refractivity (Wildman–Crippen MR) is 152 cm³/mol. The van der Waals surface area contributed by atoms with Gasteiger partial charge in [0.15, 0.2) is 0 Å². The van der Waals surface area contributed by atoms with Gasteiger partial charge in [-0.2, -0.15) is 0 Å². The van der Waals surface area contributed by atoms with Crippen LogP contribution in [0, 0.1) is 6.92 Å². The first-order chi connectivity index (χ1) is 18.0. The summed E-state index contributed by atoms with van der Waals surface area (Å²) in [6.45, 7) is 5.52. The number of carbonyl (C=O) groups is 2. The minimum absolute atomic E-state index is 0.0564. The molecule has 0 saturated heterocycles. The highest BCUT2D eigenvalue weighted by Crippen LogP contribution is 2.19. The Kier molecular flexibility index (Phi) is 11.7.